The van der Waals surface area contributed by atoms with Gasteiger partial charge in [-0.1, -0.05) is 25.3 Å². The van der Waals surface area contributed by atoms with Gasteiger partial charge in [-0.15, -0.1) is 0 Å². The molecule has 0 saturated heterocycles. The van der Waals surface area contributed by atoms with Crippen LogP contribution in [0.2, 0.25) is 0 Å². The van der Waals surface area contributed by atoms with E-state index in [9.17, 15) is 20.2 Å². The van der Waals surface area contributed by atoms with Gasteiger partial charge in [0.15, 0.2) is 5.56 Å². The van der Waals surface area contributed by atoms with Crippen molar-refractivity contribution in [3.8, 4) is 11.8 Å². The molecular weight excluding hydrogens is 350 g/mol. The third kappa shape index (κ3) is 5.58. The Morgan fingerprint density at radius 2 is 2.00 bits per heavy atom. The first-order chi connectivity index (χ1) is 12.7. The van der Waals surface area contributed by atoms with Crippen LogP contribution >= 0.6 is 0 Å². The summed E-state index contributed by atoms with van der Waals surface area (Å²) in [6.07, 6.45) is 3.83. The molecule has 1 aromatic carbocycles. The van der Waals surface area contributed by atoms with E-state index in [0.29, 0.717) is 12.8 Å². The summed E-state index contributed by atoms with van der Waals surface area (Å²) in [6, 6.07) is 6.10. The molecule has 1 aromatic rings. The Kier molecular flexibility index (Phi) is 6.26. The number of amides is 1. The molecule has 8 nitrogen and oxygen atoms in total. The Hall–Kier alpha value is -2.82. The first-order valence-corrected chi connectivity index (χ1v) is 8.97. The molecule has 0 bridgehead atoms. The van der Waals surface area contributed by atoms with Crippen molar-refractivity contribution in [2.45, 2.75) is 64.0 Å². The zero-order valence-corrected chi connectivity index (χ0v) is 15.9. The summed E-state index contributed by atoms with van der Waals surface area (Å²) in [5.41, 5.74) is -1.66. The number of nitrogens with one attached hydrogen (secondary N) is 1. The molecule has 0 aliphatic heterocycles. The van der Waals surface area contributed by atoms with Crippen LogP contribution in [0.3, 0.4) is 0 Å². The second-order valence-corrected chi connectivity index (χ2v) is 7.78. The van der Waals surface area contributed by atoms with Gasteiger partial charge in [0, 0.05) is 6.07 Å². The summed E-state index contributed by atoms with van der Waals surface area (Å²) in [6.45, 7) is 5.48. The average Bonchev–Trinajstić information content (AvgIpc) is 2.58. The summed E-state index contributed by atoms with van der Waals surface area (Å²) in [5, 5.41) is 23.3. The van der Waals surface area contributed by atoms with Crippen LogP contribution in [-0.4, -0.2) is 28.8 Å². The lowest BCUT2D eigenvalue weighted by Gasteiger charge is -2.38. The van der Waals surface area contributed by atoms with Crippen LogP contribution in [0.4, 0.5) is 10.5 Å². The first kappa shape index (κ1) is 20.5. The Bertz CT molecular complexity index is 743. The standard InChI is InChI=1S/C19H25N3O5/c1-18(2,3)27-17(23)21-19(10-5-4-6-11-19)13-26-16-9-7-8-15(22(24)25)14(16)12-20/h7-9H,4-6,10-11,13H2,1-3H3,(H,21,23). The second kappa shape index (κ2) is 8.25. The third-order valence-corrected chi connectivity index (χ3v) is 4.39. The number of carbonyl (C=O) groups excluding carboxylic acids is 1. The Labute approximate surface area is 158 Å². The number of rotatable bonds is 5. The third-order valence-electron chi connectivity index (χ3n) is 4.39. The van der Waals surface area contributed by atoms with Gasteiger partial charge >= 0.3 is 6.09 Å². The van der Waals surface area contributed by atoms with E-state index in [0.717, 1.165) is 19.3 Å². The zero-order valence-electron chi connectivity index (χ0n) is 15.9. The topological polar surface area (TPSA) is 114 Å². The molecule has 1 saturated carbocycles. The maximum Gasteiger partial charge on any atom is 0.408 e. The van der Waals surface area contributed by atoms with Gasteiger partial charge in [0.1, 0.15) is 24.0 Å². The van der Waals surface area contributed by atoms with Crippen molar-refractivity contribution in [2.24, 2.45) is 0 Å². The fourth-order valence-corrected chi connectivity index (χ4v) is 3.17. The van der Waals surface area contributed by atoms with Gasteiger partial charge in [0.2, 0.25) is 0 Å². The van der Waals surface area contributed by atoms with E-state index in [1.165, 1.54) is 18.2 Å². The molecule has 0 spiro atoms. The van der Waals surface area contributed by atoms with E-state index >= 15 is 0 Å². The second-order valence-electron chi connectivity index (χ2n) is 7.78. The number of alkyl carbamates (subject to hydrolysis) is 1. The maximum atomic E-state index is 12.3. The maximum absolute atomic E-state index is 12.3. The lowest BCUT2D eigenvalue weighted by molar-refractivity contribution is -0.385. The van der Waals surface area contributed by atoms with Gasteiger partial charge in [-0.2, -0.15) is 5.26 Å². The molecule has 27 heavy (non-hydrogen) atoms. The largest absolute Gasteiger partial charge is 0.489 e. The highest BCUT2D eigenvalue weighted by molar-refractivity contribution is 5.69. The van der Waals surface area contributed by atoms with Crippen LogP contribution in [0.1, 0.15) is 58.4 Å². The molecule has 1 aliphatic carbocycles. The first-order valence-electron chi connectivity index (χ1n) is 8.97. The van der Waals surface area contributed by atoms with Crippen molar-refractivity contribution in [2.75, 3.05) is 6.61 Å². The average molecular weight is 375 g/mol. The highest BCUT2D eigenvalue weighted by atomic mass is 16.6. The Balaban J connectivity index is 2.18. The van der Waals surface area contributed by atoms with Crippen LogP contribution in [0.5, 0.6) is 5.75 Å². The van der Waals surface area contributed by atoms with Crippen molar-refractivity contribution in [1.82, 2.24) is 5.32 Å². The van der Waals surface area contributed by atoms with Gasteiger partial charge in [0.25, 0.3) is 5.69 Å². The fraction of sp³-hybridized carbons (Fsp3) is 0.579. The monoisotopic (exact) mass is 375 g/mol. The number of hydrogen-bond donors (Lipinski definition) is 1. The Morgan fingerprint density at radius 3 is 2.56 bits per heavy atom. The minimum Gasteiger partial charge on any atom is -0.489 e. The van der Waals surface area contributed by atoms with Crippen LogP contribution in [0.25, 0.3) is 0 Å². The van der Waals surface area contributed by atoms with Gasteiger partial charge in [-0.25, -0.2) is 4.79 Å². The molecule has 0 aromatic heterocycles. The van der Waals surface area contributed by atoms with E-state index in [1.54, 1.807) is 20.8 Å². The molecular formula is C19H25N3O5. The quantitative estimate of drug-likeness (QED) is 0.613. The van der Waals surface area contributed by atoms with Crippen molar-refractivity contribution in [3.05, 3.63) is 33.9 Å². The zero-order chi connectivity index (χ0) is 20.1. The summed E-state index contributed by atoms with van der Waals surface area (Å²) in [7, 11) is 0. The van der Waals surface area contributed by atoms with Crippen molar-refractivity contribution >= 4 is 11.8 Å². The fourth-order valence-electron chi connectivity index (χ4n) is 3.17. The molecule has 1 amide bonds. The molecule has 8 heteroatoms. The molecule has 1 aliphatic rings. The van der Waals surface area contributed by atoms with E-state index in [-0.39, 0.29) is 23.6 Å². The van der Waals surface area contributed by atoms with Crippen molar-refractivity contribution in [1.29, 1.82) is 5.26 Å². The van der Waals surface area contributed by atoms with Crippen LogP contribution < -0.4 is 10.1 Å². The molecule has 1 fully saturated rings. The number of ether oxygens (including phenoxy) is 2. The lowest BCUT2D eigenvalue weighted by atomic mass is 9.82. The van der Waals surface area contributed by atoms with Crippen LogP contribution in [0, 0.1) is 21.4 Å². The Morgan fingerprint density at radius 1 is 1.33 bits per heavy atom. The number of hydrogen-bond acceptors (Lipinski definition) is 6. The van der Waals surface area contributed by atoms with Gasteiger partial charge in [-0.3, -0.25) is 10.1 Å². The molecule has 0 unspecified atom stereocenters. The minimum absolute atomic E-state index is 0.113. The number of nitro groups is 1. The predicted octanol–water partition coefficient (Wildman–Crippen LogP) is 4.07. The summed E-state index contributed by atoms with van der Waals surface area (Å²) in [5.74, 6) is 0.141. The summed E-state index contributed by atoms with van der Waals surface area (Å²) in [4.78, 5) is 22.8. The summed E-state index contributed by atoms with van der Waals surface area (Å²) < 4.78 is 11.2. The smallest absolute Gasteiger partial charge is 0.408 e. The van der Waals surface area contributed by atoms with E-state index in [2.05, 4.69) is 5.32 Å². The van der Waals surface area contributed by atoms with Gasteiger partial charge in [0.05, 0.1) is 10.5 Å². The molecule has 0 radical (unpaired) electrons. The molecule has 1 N–H and O–H groups in total. The minimum atomic E-state index is -0.627. The SMILES string of the molecule is CC(C)(C)OC(=O)NC1(COc2cccc([N+](=O)[O-])c2C#N)CCCCC1. The van der Waals surface area contributed by atoms with E-state index in [4.69, 9.17) is 9.47 Å². The lowest BCUT2D eigenvalue weighted by Crippen LogP contribution is -2.54. The molecule has 0 atom stereocenters. The number of nitro benzene ring substituents is 1. The molecule has 146 valence electrons. The van der Waals surface area contributed by atoms with Crippen molar-refractivity contribution in [3.63, 3.8) is 0 Å². The highest BCUT2D eigenvalue weighted by Crippen LogP contribution is 2.32. The number of carbonyl (C=O) groups is 1. The predicted molar refractivity (Wildman–Crippen MR) is 98.5 cm³/mol. The highest BCUT2D eigenvalue weighted by Gasteiger charge is 2.36. The number of nitrogens with zero attached hydrogens (tertiary/aromatic N) is 2. The molecule has 0 heterocycles. The molecule has 2 rings (SSSR count). The van der Waals surface area contributed by atoms with Gasteiger partial charge in [-0.05, 0) is 39.7 Å². The summed E-state index contributed by atoms with van der Waals surface area (Å²) >= 11 is 0. The normalized spacial score (nSPS) is 16.1. The van der Waals surface area contributed by atoms with Crippen molar-refractivity contribution < 1.29 is 19.2 Å². The van der Waals surface area contributed by atoms with Crippen LogP contribution in [-0.2, 0) is 4.74 Å². The van der Waals surface area contributed by atoms with Gasteiger partial charge < -0.3 is 14.8 Å². The van der Waals surface area contributed by atoms with E-state index < -0.39 is 22.2 Å². The number of nitriles is 1. The van der Waals surface area contributed by atoms with E-state index in [1.807, 2.05) is 6.07 Å². The van der Waals surface area contributed by atoms with Crippen LogP contribution in [0.15, 0.2) is 18.2 Å². The number of benzene rings is 1.